The number of fused-ring (bicyclic) bond motifs is 1. The standard InChI is InChI=1S/C15H13N5O5S/c1-25-14(23)10(11-16-7-4-2-3-5-8(7)17-11)9(21)6-26-13-12(22)18-15(24)20-19-13/h2-5,21H,6H2,1H3,(H,16,17)(H2,18,20,22,24)/b10-9+. The summed E-state index contributed by atoms with van der Waals surface area (Å²) in [5, 5.41) is 16.0. The largest absolute Gasteiger partial charge is 0.510 e. The summed E-state index contributed by atoms with van der Waals surface area (Å²) in [6, 6.07) is 7.12. The van der Waals surface area contributed by atoms with Crippen LogP contribution < -0.4 is 11.2 Å². The number of aromatic nitrogens is 5. The number of H-pyrrole nitrogens is 3. The highest BCUT2D eigenvalue weighted by Crippen LogP contribution is 2.23. The van der Waals surface area contributed by atoms with Crippen LogP contribution in [0.4, 0.5) is 0 Å². The second-order valence-corrected chi connectivity index (χ2v) is 5.98. The highest BCUT2D eigenvalue weighted by Gasteiger charge is 2.22. The highest BCUT2D eigenvalue weighted by molar-refractivity contribution is 7.99. The molecule has 10 nitrogen and oxygen atoms in total. The number of nitrogens with one attached hydrogen (secondary N) is 3. The third-order valence-corrected chi connectivity index (χ3v) is 4.30. The van der Waals surface area contributed by atoms with E-state index in [-0.39, 0.29) is 27.9 Å². The lowest BCUT2D eigenvalue weighted by atomic mass is 10.2. The highest BCUT2D eigenvalue weighted by atomic mass is 32.2. The molecule has 0 atom stereocenters. The number of carbonyl (C=O) groups excluding carboxylic acids is 1. The first-order valence-electron chi connectivity index (χ1n) is 7.27. The Balaban J connectivity index is 1.96. The minimum Gasteiger partial charge on any atom is -0.510 e. The summed E-state index contributed by atoms with van der Waals surface area (Å²) in [7, 11) is 1.18. The molecule has 2 aromatic heterocycles. The summed E-state index contributed by atoms with van der Waals surface area (Å²) < 4.78 is 4.72. The van der Waals surface area contributed by atoms with E-state index in [1.54, 1.807) is 24.3 Å². The zero-order chi connectivity index (χ0) is 18.7. The molecule has 0 amide bonds. The maximum atomic E-state index is 12.1. The van der Waals surface area contributed by atoms with Crippen LogP contribution >= 0.6 is 11.8 Å². The molecule has 0 fully saturated rings. The molecule has 1 aromatic carbocycles. The van der Waals surface area contributed by atoms with Crippen LogP contribution in [-0.2, 0) is 9.53 Å². The predicted octanol–water partition coefficient (Wildman–Crippen LogP) is 0.569. The van der Waals surface area contributed by atoms with E-state index in [0.717, 1.165) is 11.8 Å². The number of esters is 1. The molecule has 0 bridgehead atoms. The van der Waals surface area contributed by atoms with Gasteiger partial charge in [0.25, 0.3) is 5.56 Å². The number of nitrogens with zero attached hydrogens (tertiary/aromatic N) is 2. The molecular weight excluding hydrogens is 362 g/mol. The van der Waals surface area contributed by atoms with Crippen molar-refractivity contribution in [1.82, 2.24) is 25.1 Å². The van der Waals surface area contributed by atoms with Crippen molar-refractivity contribution in [3.05, 3.63) is 56.7 Å². The number of aliphatic hydroxyl groups is 1. The summed E-state index contributed by atoms with van der Waals surface area (Å²) in [6.45, 7) is 0. The number of rotatable bonds is 5. The van der Waals surface area contributed by atoms with Crippen molar-refractivity contribution in [2.75, 3.05) is 12.9 Å². The van der Waals surface area contributed by atoms with E-state index >= 15 is 0 Å². The lowest BCUT2D eigenvalue weighted by Gasteiger charge is -2.06. The summed E-state index contributed by atoms with van der Waals surface area (Å²) in [4.78, 5) is 43.9. The van der Waals surface area contributed by atoms with Gasteiger partial charge in [-0.25, -0.2) is 19.7 Å². The maximum absolute atomic E-state index is 12.1. The van der Waals surface area contributed by atoms with Crippen molar-refractivity contribution in [3.63, 3.8) is 0 Å². The number of hydrogen-bond acceptors (Lipinski definition) is 8. The normalized spacial score (nSPS) is 12.0. The van der Waals surface area contributed by atoms with Crippen LogP contribution in [0.2, 0.25) is 0 Å². The van der Waals surface area contributed by atoms with Crippen molar-refractivity contribution >= 4 is 34.3 Å². The summed E-state index contributed by atoms with van der Waals surface area (Å²) in [6.07, 6.45) is 0. The van der Waals surface area contributed by atoms with Crippen LogP contribution in [0.15, 0.2) is 44.6 Å². The molecule has 0 spiro atoms. The molecule has 3 rings (SSSR count). The smallest absolute Gasteiger partial charge is 0.345 e. The number of methoxy groups -OCH3 is 1. The Morgan fingerprint density at radius 1 is 1.27 bits per heavy atom. The van der Waals surface area contributed by atoms with Crippen molar-refractivity contribution in [2.24, 2.45) is 0 Å². The van der Waals surface area contributed by atoms with Gasteiger partial charge < -0.3 is 14.8 Å². The lowest BCUT2D eigenvalue weighted by molar-refractivity contribution is -0.133. The number of thioether (sulfide) groups is 1. The molecule has 3 aromatic rings. The quantitative estimate of drug-likeness (QED) is 0.218. The fraction of sp³-hybridized carbons (Fsp3) is 0.133. The Kier molecular flexibility index (Phi) is 4.89. The van der Waals surface area contributed by atoms with Crippen molar-refractivity contribution in [1.29, 1.82) is 0 Å². The van der Waals surface area contributed by atoms with Gasteiger partial charge in [-0.2, -0.15) is 5.10 Å². The van der Waals surface area contributed by atoms with Crippen molar-refractivity contribution in [3.8, 4) is 0 Å². The lowest BCUT2D eigenvalue weighted by Crippen LogP contribution is -2.25. The van der Waals surface area contributed by atoms with Gasteiger partial charge in [0.2, 0.25) is 0 Å². The summed E-state index contributed by atoms with van der Waals surface area (Å²) in [5.74, 6) is -1.16. The van der Waals surface area contributed by atoms with Gasteiger partial charge in [-0.3, -0.25) is 9.78 Å². The fourth-order valence-electron chi connectivity index (χ4n) is 2.17. The van der Waals surface area contributed by atoms with E-state index in [9.17, 15) is 19.5 Å². The van der Waals surface area contributed by atoms with E-state index in [1.165, 1.54) is 7.11 Å². The molecule has 0 saturated carbocycles. The van der Waals surface area contributed by atoms with Gasteiger partial charge in [-0.05, 0) is 12.1 Å². The second-order valence-electron chi connectivity index (χ2n) is 5.02. The minimum absolute atomic E-state index is 0.0648. The zero-order valence-electron chi connectivity index (χ0n) is 13.4. The number of hydrogen-bond donors (Lipinski definition) is 4. The first-order valence-corrected chi connectivity index (χ1v) is 8.25. The van der Waals surface area contributed by atoms with Gasteiger partial charge in [-0.15, -0.1) is 0 Å². The molecule has 0 saturated heterocycles. The summed E-state index contributed by atoms with van der Waals surface area (Å²) in [5.41, 5.74) is -0.296. The number of benzene rings is 1. The third kappa shape index (κ3) is 3.52. The third-order valence-electron chi connectivity index (χ3n) is 3.33. The first kappa shape index (κ1) is 17.5. The SMILES string of the molecule is COC(=O)/C(=C(/O)CSc1n[nH]c(=O)[nH]c1=O)c1nc2ccccc2[nH]1. The van der Waals surface area contributed by atoms with E-state index in [2.05, 4.69) is 20.2 Å². The maximum Gasteiger partial charge on any atom is 0.345 e. The van der Waals surface area contributed by atoms with Crippen LogP contribution in [0, 0.1) is 0 Å². The molecular formula is C15H13N5O5S. The zero-order valence-corrected chi connectivity index (χ0v) is 14.2. The van der Waals surface area contributed by atoms with Crippen LogP contribution in [0.5, 0.6) is 0 Å². The molecule has 0 aliphatic heterocycles. The minimum atomic E-state index is -0.787. The number of ether oxygens (including phenoxy) is 1. The molecule has 2 heterocycles. The topological polar surface area (TPSA) is 154 Å². The molecule has 0 aliphatic carbocycles. The van der Waals surface area contributed by atoms with E-state index < -0.39 is 17.2 Å². The molecule has 0 unspecified atom stereocenters. The van der Waals surface area contributed by atoms with Crippen LogP contribution in [0.3, 0.4) is 0 Å². The molecule has 0 aliphatic rings. The molecule has 134 valence electrons. The van der Waals surface area contributed by atoms with Gasteiger partial charge in [0.05, 0.1) is 23.9 Å². The van der Waals surface area contributed by atoms with E-state index in [1.807, 2.05) is 4.98 Å². The second kappa shape index (κ2) is 7.27. The fourth-order valence-corrected chi connectivity index (χ4v) is 2.88. The first-order chi connectivity index (χ1) is 12.5. The van der Waals surface area contributed by atoms with Gasteiger partial charge in [0, 0.05) is 0 Å². The number of aromatic amines is 3. The van der Waals surface area contributed by atoms with Gasteiger partial charge in [-0.1, -0.05) is 23.9 Å². The average Bonchev–Trinajstić information content (AvgIpc) is 3.04. The summed E-state index contributed by atoms with van der Waals surface area (Å²) >= 11 is 0.839. The molecule has 11 heteroatoms. The number of aliphatic hydroxyl groups excluding tert-OH is 1. The monoisotopic (exact) mass is 375 g/mol. The van der Waals surface area contributed by atoms with Crippen LogP contribution in [0.25, 0.3) is 16.6 Å². The van der Waals surface area contributed by atoms with Gasteiger partial charge >= 0.3 is 11.7 Å². The molecule has 4 N–H and O–H groups in total. The van der Waals surface area contributed by atoms with Gasteiger partial charge in [0.1, 0.15) is 17.2 Å². The Hall–Kier alpha value is -3.34. The number of carbonyl (C=O) groups is 1. The van der Waals surface area contributed by atoms with Crippen molar-refractivity contribution in [2.45, 2.75) is 5.03 Å². The van der Waals surface area contributed by atoms with E-state index in [4.69, 9.17) is 4.74 Å². The Bertz CT molecular complexity index is 1080. The predicted molar refractivity (Wildman–Crippen MR) is 93.9 cm³/mol. The number of imidazole rings is 1. The average molecular weight is 375 g/mol. The Morgan fingerprint density at radius 2 is 2.04 bits per heavy atom. The van der Waals surface area contributed by atoms with Crippen LogP contribution in [-0.4, -0.2) is 49.1 Å². The van der Waals surface area contributed by atoms with Crippen LogP contribution in [0.1, 0.15) is 5.82 Å². The number of para-hydroxylation sites is 2. The Labute approximate surface area is 149 Å². The van der Waals surface area contributed by atoms with Gasteiger partial charge in [0.15, 0.2) is 5.03 Å². The Morgan fingerprint density at radius 3 is 2.73 bits per heavy atom. The molecule has 26 heavy (non-hydrogen) atoms. The van der Waals surface area contributed by atoms with E-state index in [0.29, 0.717) is 11.0 Å². The molecule has 0 radical (unpaired) electrons. The van der Waals surface area contributed by atoms with Crippen molar-refractivity contribution < 1.29 is 14.6 Å².